The van der Waals surface area contributed by atoms with Gasteiger partial charge in [0, 0.05) is 11.1 Å². The van der Waals surface area contributed by atoms with Crippen LogP contribution in [0.15, 0.2) is 84.9 Å². The lowest BCUT2D eigenvalue weighted by Crippen LogP contribution is -1.92. The highest BCUT2D eigenvalue weighted by atomic mass is 35.5. The van der Waals surface area contributed by atoms with Crippen molar-refractivity contribution in [2.24, 2.45) is 0 Å². The molecular weight excluding hydrogens is 354 g/mol. The van der Waals surface area contributed by atoms with Crippen molar-refractivity contribution in [3.05, 3.63) is 102 Å². The predicted molar refractivity (Wildman–Crippen MR) is 110 cm³/mol. The zero-order valence-corrected chi connectivity index (χ0v) is 15.1. The molecular formula is C23H14ClN3. The van der Waals surface area contributed by atoms with Crippen LogP contribution >= 0.6 is 11.6 Å². The molecule has 0 aliphatic rings. The zero-order valence-electron chi connectivity index (χ0n) is 14.3. The Labute approximate surface area is 162 Å². The molecule has 0 unspecified atom stereocenters. The molecule has 27 heavy (non-hydrogen) atoms. The van der Waals surface area contributed by atoms with Crippen LogP contribution in [0.1, 0.15) is 0 Å². The van der Waals surface area contributed by atoms with E-state index >= 15 is 0 Å². The van der Waals surface area contributed by atoms with Gasteiger partial charge in [0.25, 0.3) is 0 Å². The fraction of sp³-hybridized carbons (Fsp3) is 0. The summed E-state index contributed by atoms with van der Waals surface area (Å²) in [5.74, 6) is 0. The Morgan fingerprint density at radius 2 is 1.11 bits per heavy atom. The standard InChI is InChI=1S/C23H14ClN3/c1-25-20-13-11-17(12-14-20)16-7-9-19(10-8-16)22-15-21(26-23(24)27-22)18-5-3-2-4-6-18/h2-15H. The highest BCUT2D eigenvalue weighted by molar-refractivity contribution is 6.28. The molecule has 0 saturated heterocycles. The van der Waals surface area contributed by atoms with Gasteiger partial charge in [-0.25, -0.2) is 14.8 Å². The number of aromatic nitrogens is 2. The number of rotatable bonds is 3. The number of hydrogen-bond donors (Lipinski definition) is 0. The molecule has 4 rings (SSSR count). The molecule has 0 aliphatic heterocycles. The first-order valence-corrected chi connectivity index (χ1v) is 8.79. The molecule has 0 atom stereocenters. The fourth-order valence-electron chi connectivity index (χ4n) is 2.88. The molecule has 0 spiro atoms. The molecule has 0 bridgehead atoms. The van der Waals surface area contributed by atoms with Gasteiger partial charge in [-0.05, 0) is 28.8 Å². The average molecular weight is 368 g/mol. The maximum Gasteiger partial charge on any atom is 0.223 e. The van der Waals surface area contributed by atoms with E-state index in [2.05, 4.69) is 14.8 Å². The minimum absolute atomic E-state index is 0.227. The molecule has 1 aromatic heterocycles. The van der Waals surface area contributed by atoms with Crippen molar-refractivity contribution < 1.29 is 0 Å². The molecule has 3 nitrogen and oxygen atoms in total. The van der Waals surface area contributed by atoms with Gasteiger partial charge in [-0.15, -0.1) is 0 Å². The summed E-state index contributed by atoms with van der Waals surface area (Å²) in [7, 11) is 0. The second kappa shape index (κ2) is 7.41. The van der Waals surface area contributed by atoms with E-state index in [9.17, 15) is 0 Å². The number of nitrogens with zero attached hydrogens (tertiary/aromatic N) is 3. The summed E-state index contributed by atoms with van der Waals surface area (Å²) in [6, 6.07) is 27.5. The molecule has 4 heteroatoms. The Hall–Kier alpha value is -3.48. The van der Waals surface area contributed by atoms with Crippen molar-refractivity contribution in [3.8, 4) is 33.6 Å². The van der Waals surface area contributed by atoms with E-state index in [-0.39, 0.29) is 5.28 Å². The summed E-state index contributed by atoms with van der Waals surface area (Å²) in [4.78, 5) is 12.1. The maximum atomic E-state index is 7.04. The third-order valence-corrected chi connectivity index (χ3v) is 4.45. The summed E-state index contributed by atoms with van der Waals surface area (Å²) >= 11 is 6.16. The molecule has 0 saturated carbocycles. The van der Waals surface area contributed by atoms with Gasteiger partial charge >= 0.3 is 0 Å². The van der Waals surface area contributed by atoms with Crippen molar-refractivity contribution in [3.63, 3.8) is 0 Å². The van der Waals surface area contributed by atoms with Gasteiger partial charge in [0.2, 0.25) is 5.28 Å². The lowest BCUT2D eigenvalue weighted by Gasteiger charge is -2.07. The molecule has 0 radical (unpaired) electrons. The SMILES string of the molecule is [C-]#[N+]c1ccc(-c2ccc(-c3cc(-c4ccccc4)nc(Cl)n3)cc2)cc1. The molecule has 128 valence electrons. The lowest BCUT2D eigenvalue weighted by molar-refractivity contribution is 1.18. The Morgan fingerprint density at radius 1 is 0.630 bits per heavy atom. The van der Waals surface area contributed by atoms with Gasteiger partial charge in [-0.1, -0.05) is 78.9 Å². The predicted octanol–water partition coefficient (Wildman–Crippen LogP) is 6.68. The first-order chi connectivity index (χ1) is 13.2. The normalized spacial score (nSPS) is 10.4. The van der Waals surface area contributed by atoms with Gasteiger partial charge < -0.3 is 0 Å². The molecule has 0 amide bonds. The van der Waals surface area contributed by atoms with Crippen LogP contribution in [0.3, 0.4) is 0 Å². The first-order valence-electron chi connectivity index (χ1n) is 8.41. The van der Waals surface area contributed by atoms with Crippen molar-refractivity contribution in [2.75, 3.05) is 0 Å². The number of halogens is 1. The lowest BCUT2D eigenvalue weighted by atomic mass is 10.0. The van der Waals surface area contributed by atoms with E-state index in [0.717, 1.165) is 33.6 Å². The fourth-order valence-corrected chi connectivity index (χ4v) is 3.07. The van der Waals surface area contributed by atoms with Gasteiger partial charge in [0.1, 0.15) is 0 Å². The smallest absolute Gasteiger partial charge is 0.223 e. The van der Waals surface area contributed by atoms with Crippen LogP contribution in [-0.4, -0.2) is 9.97 Å². The summed E-state index contributed by atoms with van der Waals surface area (Å²) in [5, 5.41) is 0.227. The highest BCUT2D eigenvalue weighted by Crippen LogP contribution is 2.28. The van der Waals surface area contributed by atoms with Crippen LogP contribution in [-0.2, 0) is 0 Å². The minimum Gasteiger partial charge on any atom is -0.238 e. The van der Waals surface area contributed by atoms with E-state index in [0.29, 0.717) is 5.69 Å². The molecule has 3 aromatic carbocycles. The second-order valence-corrected chi connectivity index (χ2v) is 6.35. The number of benzene rings is 3. The van der Waals surface area contributed by atoms with Crippen molar-refractivity contribution in [2.45, 2.75) is 0 Å². The third kappa shape index (κ3) is 3.72. The van der Waals surface area contributed by atoms with Crippen LogP contribution in [0, 0.1) is 6.57 Å². The van der Waals surface area contributed by atoms with Crippen molar-refractivity contribution in [1.29, 1.82) is 0 Å². The van der Waals surface area contributed by atoms with Crippen LogP contribution in [0.4, 0.5) is 5.69 Å². The van der Waals surface area contributed by atoms with Gasteiger partial charge in [0.05, 0.1) is 18.0 Å². The third-order valence-electron chi connectivity index (χ3n) is 4.28. The topological polar surface area (TPSA) is 30.1 Å². The van der Waals surface area contributed by atoms with Crippen molar-refractivity contribution in [1.82, 2.24) is 9.97 Å². The van der Waals surface area contributed by atoms with Crippen LogP contribution in [0.2, 0.25) is 5.28 Å². The Balaban J connectivity index is 1.68. The molecule has 0 N–H and O–H groups in total. The minimum atomic E-state index is 0.227. The van der Waals surface area contributed by atoms with Crippen molar-refractivity contribution >= 4 is 17.3 Å². The Kier molecular flexibility index (Phi) is 4.65. The number of hydrogen-bond acceptors (Lipinski definition) is 2. The molecule has 0 fully saturated rings. The monoisotopic (exact) mass is 367 g/mol. The summed E-state index contributed by atoms with van der Waals surface area (Å²) in [6.45, 7) is 7.04. The molecule has 1 heterocycles. The largest absolute Gasteiger partial charge is 0.238 e. The first kappa shape index (κ1) is 17.0. The quantitative estimate of drug-likeness (QED) is 0.298. The Morgan fingerprint density at radius 3 is 1.67 bits per heavy atom. The van der Waals surface area contributed by atoms with E-state index in [1.54, 1.807) is 0 Å². The van der Waals surface area contributed by atoms with Crippen LogP contribution in [0.25, 0.3) is 38.5 Å². The van der Waals surface area contributed by atoms with Gasteiger partial charge in [-0.2, -0.15) is 0 Å². The van der Waals surface area contributed by atoms with Crippen LogP contribution in [0.5, 0.6) is 0 Å². The van der Waals surface area contributed by atoms with E-state index in [4.69, 9.17) is 18.2 Å². The van der Waals surface area contributed by atoms with E-state index < -0.39 is 0 Å². The molecule has 0 aliphatic carbocycles. The van der Waals surface area contributed by atoms with E-state index in [1.165, 1.54) is 0 Å². The summed E-state index contributed by atoms with van der Waals surface area (Å²) in [6.07, 6.45) is 0. The second-order valence-electron chi connectivity index (χ2n) is 6.01. The Bertz CT molecular complexity index is 1110. The summed E-state index contributed by atoms with van der Waals surface area (Å²) < 4.78 is 0. The maximum absolute atomic E-state index is 7.04. The van der Waals surface area contributed by atoms with E-state index in [1.807, 2.05) is 84.9 Å². The summed E-state index contributed by atoms with van der Waals surface area (Å²) in [5.41, 5.74) is 6.34. The zero-order chi connectivity index (χ0) is 18.6. The van der Waals surface area contributed by atoms with Gasteiger partial charge in [0.15, 0.2) is 5.69 Å². The highest BCUT2D eigenvalue weighted by Gasteiger charge is 2.08. The van der Waals surface area contributed by atoms with Gasteiger partial charge in [-0.3, -0.25) is 0 Å². The van der Waals surface area contributed by atoms with Crippen LogP contribution < -0.4 is 0 Å². The molecule has 4 aromatic rings. The average Bonchev–Trinajstić information content (AvgIpc) is 2.74.